The van der Waals surface area contributed by atoms with Gasteiger partial charge in [0.1, 0.15) is 11.4 Å². The first-order valence-corrected chi connectivity index (χ1v) is 8.68. The number of hydrogen-bond donors (Lipinski definition) is 1. The number of para-hydroxylation sites is 1. The highest BCUT2D eigenvalue weighted by Gasteiger charge is 2.19. The minimum absolute atomic E-state index is 0.0678. The molecule has 2 aromatic carbocycles. The molecule has 0 atom stereocenters. The van der Waals surface area contributed by atoms with Gasteiger partial charge in [-0.1, -0.05) is 32.0 Å². The lowest BCUT2D eigenvalue weighted by Crippen LogP contribution is -2.21. The summed E-state index contributed by atoms with van der Waals surface area (Å²) in [6, 6.07) is 12.1. The van der Waals surface area contributed by atoms with Gasteiger partial charge in [0.25, 0.3) is 0 Å². The van der Waals surface area contributed by atoms with E-state index in [-0.39, 0.29) is 16.9 Å². The van der Waals surface area contributed by atoms with Gasteiger partial charge in [-0.05, 0) is 30.2 Å². The van der Waals surface area contributed by atoms with Crippen LogP contribution in [0.5, 0.6) is 0 Å². The molecule has 0 saturated heterocycles. The van der Waals surface area contributed by atoms with Crippen molar-refractivity contribution in [1.82, 2.24) is 4.57 Å². The molecule has 0 aliphatic rings. The third-order valence-corrected chi connectivity index (χ3v) is 4.45. The van der Waals surface area contributed by atoms with E-state index < -0.39 is 17.2 Å². The fourth-order valence-corrected chi connectivity index (χ4v) is 3.14. The number of aromatic carboxylic acids is 1. The number of fused-ring (bicyclic) bond motifs is 1. The van der Waals surface area contributed by atoms with E-state index in [1.807, 2.05) is 44.2 Å². The Morgan fingerprint density at radius 2 is 1.89 bits per heavy atom. The minimum atomic E-state index is -1.31. The van der Waals surface area contributed by atoms with Crippen LogP contribution in [-0.4, -0.2) is 22.7 Å². The summed E-state index contributed by atoms with van der Waals surface area (Å²) in [6.45, 7) is 4.49. The Morgan fingerprint density at radius 1 is 1.22 bits per heavy atom. The Hall–Kier alpha value is -3.15. The van der Waals surface area contributed by atoms with Crippen molar-refractivity contribution in [2.75, 3.05) is 11.9 Å². The smallest absolute Gasteiger partial charge is 0.341 e. The molecule has 0 saturated carbocycles. The highest BCUT2D eigenvalue weighted by Crippen LogP contribution is 2.29. The second-order valence-corrected chi connectivity index (χ2v) is 6.94. The number of carboxylic acid groups (broad SMARTS) is 1. The highest BCUT2D eigenvalue weighted by molar-refractivity contribution is 5.93. The zero-order valence-corrected chi connectivity index (χ0v) is 15.4. The van der Waals surface area contributed by atoms with Crippen LogP contribution in [0.3, 0.4) is 0 Å². The molecule has 27 heavy (non-hydrogen) atoms. The standard InChI is InChI=1S/C21H21FN2O3/c1-13(2)11-24-12-16(21(26)27)20(25)15-9-17(22)19(10-18(15)24)23(3)14-7-5-4-6-8-14/h4-10,12-13H,11H2,1-3H3,(H,26,27). The van der Waals surface area contributed by atoms with E-state index in [9.17, 15) is 19.1 Å². The minimum Gasteiger partial charge on any atom is -0.477 e. The zero-order chi connectivity index (χ0) is 19.7. The zero-order valence-electron chi connectivity index (χ0n) is 15.4. The van der Waals surface area contributed by atoms with Crippen LogP contribution in [0.25, 0.3) is 10.9 Å². The van der Waals surface area contributed by atoms with Gasteiger partial charge in [-0.25, -0.2) is 9.18 Å². The Balaban J connectivity index is 2.28. The molecule has 0 aliphatic carbocycles. The van der Waals surface area contributed by atoms with Crippen molar-refractivity contribution in [1.29, 1.82) is 0 Å². The molecule has 5 nitrogen and oxygen atoms in total. The molecule has 0 radical (unpaired) electrons. The molecule has 0 aliphatic heterocycles. The second kappa shape index (κ2) is 7.23. The van der Waals surface area contributed by atoms with Gasteiger partial charge in [-0.15, -0.1) is 0 Å². The average Bonchev–Trinajstić information content (AvgIpc) is 2.63. The Labute approximate surface area is 156 Å². The maximum atomic E-state index is 14.8. The van der Waals surface area contributed by atoms with E-state index in [4.69, 9.17) is 0 Å². The van der Waals surface area contributed by atoms with Gasteiger partial charge < -0.3 is 14.6 Å². The van der Waals surface area contributed by atoms with Crippen molar-refractivity contribution in [3.63, 3.8) is 0 Å². The molecule has 0 spiro atoms. The maximum absolute atomic E-state index is 14.8. The number of pyridine rings is 1. The van der Waals surface area contributed by atoms with Crippen LogP contribution >= 0.6 is 0 Å². The van der Waals surface area contributed by atoms with Gasteiger partial charge in [0.2, 0.25) is 5.43 Å². The van der Waals surface area contributed by atoms with Gasteiger partial charge in [0.15, 0.2) is 0 Å². The largest absolute Gasteiger partial charge is 0.477 e. The lowest BCUT2D eigenvalue weighted by atomic mass is 10.1. The fraction of sp³-hybridized carbons (Fsp3) is 0.238. The van der Waals surface area contributed by atoms with Crippen LogP contribution in [0.2, 0.25) is 0 Å². The number of nitrogens with zero attached hydrogens (tertiary/aromatic N) is 2. The summed E-state index contributed by atoms with van der Waals surface area (Å²) >= 11 is 0. The average molecular weight is 368 g/mol. The predicted octanol–water partition coefficient (Wildman–Crippen LogP) is 4.26. The first-order chi connectivity index (χ1) is 12.8. The molecular formula is C21H21FN2O3. The molecule has 0 fully saturated rings. The maximum Gasteiger partial charge on any atom is 0.341 e. The molecule has 6 heteroatoms. The molecule has 1 aromatic heterocycles. The van der Waals surface area contributed by atoms with Gasteiger partial charge in [0.05, 0.1) is 11.2 Å². The van der Waals surface area contributed by atoms with E-state index in [0.29, 0.717) is 17.7 Å². The lowest BCUT2D eigenvalue weighted by molar-refractivity contribution is 0.0694. The summed E-state index contributed by atoms with van der Waals surface area (Å²) in [7, 11) is 1.75. The van der Waals surface area contributed by atoms with Crippen LogP contribution < -0.4 is 10.3 Å². The molecule has 0 amide bonds. The van der Waals surface area contributed by atoms with Crippen molar-refractivity contribution in [3.05, 3.63) is 70.3 Å². The normalized spacial score (nSPS) is 11.1. The Morgan fingerprint density at radius 3 is 2.48 bits per heavy atom. The quantitative estimate of drug-likeness (QED) is 0.731. The van der Waals surface area contributed by atoms with Crippen molar-refractivity contribution < 1.29 is 14.3 Å². The third kappa shape index (κ3) is 3.56. The van der Waals surface area contributed by atoms with Crippen molar-refractivity contribution in [3.8, 4) is 0 Å². The lowest BCUT2D eigenvalue weighted by Gasteiger charge is -2.22. The number of halogens is 1. The first-order valence-electron chi connectivity index (χ1n) is 8.68. The van der Waals surface area contributed by atoms with Crippen molar-refractivity contribution in [2.45, 2.75) is 20.4 Å². The van der Waals surface area contributed by atoms with E-state index in [2.05, 4.69) is 0 Å². The summed E-state index contributed by atoms with van der Waals surface area (Å²) in [6.07, 6.45) is 1.34. The SMILES string of the molecule is CC(C)Cn1cc(C(=O)O)c(=O)c2cc(F)c(N(C)c3ccccc3)cc21. The highest BCUT2D eigenvalue weighted by atomic mass is 19.1. The summed E-state index contributed by atoms with van der Waals surface area (Å²) in [5.41, 5.74) is 0.597. The number of carboxylic acids is 1. The second-order valence-electron chi connectivity index (χ2n) is 6.94. The van der Waals surface area contributed by atoms with E-state index >= 15 is 0 Å². The summed E-state index contributed by atoms with van der Waals surface area (Å²) in [5, 5.41) is 9.40. The van der Waals surface area contributed by atoms with Gasteiger partial charge >= 0.3 is 5.97 Å². The van der Waals surface area contributed by atoms with Gasteiger partial charge in [0, 0.05) is 30.9 Å². The molecule has 0 unspecified atom stereocenters. The number of anilines is 2. The van der Waals surface area contributed by atoms with Crippen LogP contribution in [0.4, 0.5) is 15.8 Å². The van der Waals surface area contributed by atoms with Crippen LogP contribution in [-0.2, 0) is 6.54 Å². The van der Waals surface area contributed by atoms with E-state index in [1.54, 1.807) is 22.6 Å². The Bertz CT molecular complexity index is 1060. The van der Waals surface area contributed by atoms with Crippen LogP contribution in [0.1, 0.15) is 24.2 Å². The number of benzene rings is 2. The molecule has 3 rings (SSSR count). The topological polar surface area (TPSA) is 62.5 Å². The van der Waals surface area contributed by atoms with Gasteiger partial charge in [-0.2, -0.15) is 0 Å². The van der Waals surface area contributed by atoms with Gasteiger partial charge in [-0.3, -0.25) is 4.79 Å². The molecule has 0 bridgehead atoms. The molecule has 3 aromatic rings. The number of carbonyl (C=O) groups is 1. The van der Waals surface area contributed by atoms with Crippen LogP contribution in [0, 0.1) is 11.7 Å². The number of rotatable bonds is 5. The molecule has 1 heterocycles. The van der Waals surface area contributed by atoms with Crippen LogP contribution in [0.15, 0.2) is 53.5 Å². The number of hydrogen-bond acceptors (Lipinski definition) is 3. The predicted molar refractivity (Wildman–Crippen MR) is 104 cm³/mol. The first kappa shape index (κ1) is 18.6. The third-order valence-electron chi connectivity index (χ3n) is 4.45. The van der Waals surface area contributed by atoms with Crippen molar-refractivity contribution >= 4 is 28.2 Å². The fourth-order valence-electron chi connectivity index (χ4n) is 3.14. The summed E-state index contributed by atoms with van der Waals surface area (Å²) < 4.78 is 16.5. The molecule has 140 valence electrons. The van der Waals surface area contributed by atoms with Crippen molar-refractivity contribution in [2.24, 2.45) is 5.92 Å². The summed E-state index contributed by atoms with van der Waals surface area (Å²) in [4.78, 5) is 25.7. The monoisotopic (exact) mass is 368 g/mol. The summed E-state index contributed by atoms with van der Waals surface area (Å²) in [5.74, 6) is -1.67. The van der Waals surface area contributed by atoms with E-state index in [1.165, 1.54) is 6.20 Å². The number of aromatic nitrogens is 1. The molecule has 1 N–H and O–H groups in total. The van der Waals surface area contributed by atoms with E-state index in [0.717, 1.165) is 11.8 Å². The molecular weight excluding hydrogens is 347 g/mol. The Kier molecular flexibility index (Phi) is 4.99.